The summed E-state index contributed by atoms with van der Waals surface area (Å²) in [5.74, 6) is -0.533. The molecule has 0 fully saturated rings. The largest absolute Gasteiger partial charge is 1.00 e. The Labute approximate surface area is 460 Å². The van der Waals surface area contributed by atoms with E-state index in [0.717, 1.165) is 21.5 Å². The number of rotatable bonds is 12. The quantitative estimate of drug-likeness (QED) is 0.0418. The van der Waals surface area contributed by atoms with Crippen LogP contribution in [0.3, 0.4) is 0 Å². The molecule has 7 aromatic rings. The fourth-order valence-electron chi connectivity index (χ4n) is 5.54. The van der Waals surface area contributed by atoms with Crippen LogP contribution in [0.25, 0.3) is 22.2 Å². The molecule has 71 heavy (non-hydrogen) atoms. The second-order valence-electron chi connectivity index (χ2n) is 13.7. The van der Waals surface area contributed by atoms with Crippen molar-refractivity contribution in [3.05, 3.63) is 173 Å². The summed E-state index contributed by atoms with van der Waals surface area (Å²) in [5.41, 5.74) is 3.45. The van der Waals surface area contributed by atoms with Gasteiger partial charge in [0.05, 0.1) is 67.6 Å². The van der Waals surface area contributed by atoms with Crippen LogP contribution in [0, 0.1) is 0 Å². The summed E-state index contributed by atoms with van der Waals surface area (Å²) in [6.45, 7) is 2.97. The van der Waals surface area contributed by atoms with Gasteiger partial charge >= 0.3 is 41.5 Å². The van der Waals surface area contributed by atoms with E-state index in [1.54, 1.807) is 89.0 Å². The number of ketones is 3. The van der Waals surface area contributed by atoms with E-state index >= 15 is 0 Å². The third-order valence-electron chi connectivity index (χ3n) is 8.82. The summed E-state index contributed by atoms with van der Waals surface area (Å²) in [6.07, 6.45) is 4.49. The van der Waals surface area contributed by atoms with Gasteiger partial charge in [-0.2, -0.15) is 0 Å². The smallest absolute Gasteiger partial charge is 0.855 e. The van der Waals surface area contributed by atoms with Gasteiger partial charge in [0.25, 0.3) is 5.56 Å². The van der Waals surface area contributed by atoms with Crippen LogP contribution in [0.2, 0.25) is 5.15 Å². The van der Waals surface area contributed by atoms with Crippen LogP contribution in [0.1, 0.15) is 67.4 Å². The predicted octanol–water partition coefficient (Wildman–Crippen LogP) is 6.92. The van der Waals surface area contributed by atoms with Crippen LogP contribution < -0.4 is 60.6 Å². The SMILES string of the molecule is CC[O-].COc1ccc(-c2cc3ncc(Br)cc3c(=O)[nH]2)cc1.COc1ccc(C(=O)CC(C)=O)cc1.COc1ccc(C(=O)Cc2ncc(Br)cc2C(=O)O)cc1.N.O=C(O)c1cc(Br)cnc1Cl.[Na+]. The molecule has 3 aromatic carbocycles. The molecule has 0 saturated carbocycles. The molecule has 368 valence electrons. The number of benzene rings is 3. The van der Waals surface area contributed by atoms with E-state index in [1.165, 1.54) is 31.5 Å². The molecule has 0 atom stereocenters. The number of nitrogens with one attached hydrogen (secondary N) is 1. The summed E-state index contributed by atoms with van der Waals surface area (Å²) in [6, 6.07) is 27.3. The number of H-pyrrole nitrogens is 1. The zero-order chi connectivity index (χ0) is 51.2. The first kappa shape index (κ1) is 63.3. The van der Waals surface area contributed by atoms with Gasteiger partial charge in [-0.1, -0.05) is 18.5 Å². The summed E-state index contributed by atoms with van der Waals surface area (Å²) in [4.78, 5) is 82.8. The summed E-state index contributed by atoms with van der Waals surface area (Å²) >= 11 is 15.0. The van der Waals surface area contributed by atoms with E-state index in [0.29, 0.717) is 42.5 Å². The molecular formula is C49H46Br3ClN5NaO12. The molecule has 0 spiro atoms. The Morgan fingerprint density at radius 3 is 1.54 bits per heavy atom. The van der Waals surface area contributed by atoms with Crippen molar-refractivity contribution in [2.45, 2.75) is 26.7 Å². The zero-order valence-electron chi connectivity index (χ0n) is 39.1. The molecule has 4 aromatic heterocycles. The van der Waals surface area contributed by atoms with Crippen molar-refractivity contribution >= 4 is 99.6 Å². The number of ether oxygens (including phenoxy) is 3. The number of pyridine rings is 4. The molecule has 4 heterocycles. The van der Waals surface area contributed by atoms with E-state index in [1.807, 2.05) is 30.3 Å². The van der Waals surface area contributed by atoms with Crippen molar-refractivity contribution in [2.75, 3.05) is 27.9 Å². The van der Waals surface area contributed by atoms with Gasteiger partial charge in [0.2, 0.25) is 0 Å². The van der Waals surface area contributed by atoms with E-state index in [-0.39, 0.29) is 100 Å². The fourth-order valence-corrected chi connectivity index (χ4v) is 6.72. The molecule has 0 aliphatic rings. The Hall–Kier alpha value is -5.68. The normalized spacial score (nSPS) is 9.66. The number of hydrogen-bond donors (Lipinski definition) is 4. The maximum absolute atomic E-state index is 12.2. The van der Waals surface area contributed by atoms with Gasteiger partial charge in [-0.15, -0.1) is 6.61 Å². The standard InChI is InChI=1S/C15H11BrN2O2.C15H12BrNO4.C11H12O3.C6H3BrClNO2.C2H5O.H3N.Na/c1-20-11-4-2-9(3-5-11)13-7-14-12(15(19)18-13)6-10(16)8-17-14;1-21-11-4-2-9(3-5-11)14(18)7-13-12(15(19)20)6-10(16)8-17-13;1-8(12)7-11(13)9-3-5-10(14-2)6-4-9;7-3-1-4(6(10)11)5(8)9-2-3;1-2-3;;/h2-8H,1H3,(H,18,19);2-6,8H,7H2,1H3,(H,19,20);3-6H,7H2,1-2H3;1-2H,(H,10,11);2H2,1H3;1H3;/q;;;;-1;;+1. The number of methoxy groups -OCH3 is 3. The number of nitrogens with zero attached hydrogens (tertiary/aromatic N) is 3. The number of halogens is 4. The third-order valence-corrected chi connectivity index (χ3v) is 10.4. The van der Waals surface area contributed by atoms with Gasteiger partial charge < -0.3 is 40.7 Å². The molecule has 0 saturated heterocycles. The number of aromatic nitrogens is 4. The van der Waals surface area contributed by atoms with Crippen molar-refractivity contribution in [2.24, 2.45) is 0 Å². The van der Waals surface area contributed by atoms with Crippen LogP contribution in [-0.2, 0) is 11.2 Å². The van der Waals surface area contributed by atoms with Crippen LogP contribution >= 0.6 is 59.4 Å². The molecule has 6 N–H and O–H groups in total. The molecule has 0 unspecified atom stereocenters. The van der Waals surface area contributed by atoms with E-state index in [9.17, 15) is 28.8 Å². The second-order valence-corrected chi connectivity index (χ2v) is 16.8. The number of carboxylic acids is 2. The number of carbonyl (C=O) groups is 5. The van der Waals surface area contributed by atoms with Crippen LogP contribution in [-0.4, -0.2) is 87.4 Å². The number of carboxylic acid groups (broad SMARTS) is 2. The summed E-state index contributed by atoms with van der Waals surface area (Å²) < 4.78 is 17.0. The van der Waals surface area contributed by atoms with Gasteiger partial charge in [-0.25, -0.2) is 14.6 Å². The Morgan fingerprint density at radius 2 is 1.08 bits per heavy atom. The molecule has 0 amide bonds. The van der Waals surface area contributed by atoms with Gasteiger partial charge in [-0.3, -0.25) is 29.1 Å². The molecule has 0 bridgehead atoms. The summed E-state index contributed by atoms with van der Waals surface area (Å²) in [7, 11) is 4.72. The number of Topliss-reactive ketones (excluding diaryl/α,β-unsaturated/α-hetero) is 3. The van der Waals surface area contributed by atoms with E-state index in [2.05, 4.69) is 67.7 Å². The zero-order valence-corrected chi connectivity index (χ0v) is 46.6. The van der Waals surface area contributed by atoms with Crippen molar-refractivity contribution in [1.29, 1.82) is 0 Å². The van der Waals surface area contributed by atoms with Crippen molar-refractivity contribution in [3.63, 3.8) is 0 Å². The first-order valence-corrected chi connectivity index (χ1v) is 22.8. The van der Waals surface area contributed by atoms with Crippen molar-refractivity contribution in [3.8, 4) is 28.5 Å². The predicted molar refractivity (Wildman–Crippen MR) is 274 cm³/mol. The minimum absolute atomic E-state index is 0. The van der Waals surface area contributed by atoms with Gasteiger partial charge in [0.1, 0.15) is 28.2 Å². The van der Waals surface area contributed by atoms with Crippen LogP contribution in [0.15, 0.2) is 134 Å². The maximum Gasteiger partial charge on any atom is 1.00 e. The topological polar surface area (TPSA) is 283 Å². The molecule has 0 aliphatic heterocycles. The Bertz CT molecular complexity index is 2950. The van der Waals surface area contributed by atoms with E-state index in [4.69, 9.17) is 41.1 Å². The molecule has 17 nitrogen and oxygen atoms in total. The molecule has 0 aliphatic carbocycles. The second kappa shape index (κ2) is 32.3. The minimum atomic E-state index is -1.11. The van der Waals surface area contributed by atoms with Gasteiger partial charge in [-0.05, 0) is 157 Å². The van der Waals surface area contributed by atoms with Gasteiger partial charge in [0, 0.05) is 43.1 Å². The monoisotopic (exact) mass is 1190 g/mol. The number of fused-ring (bicyclic) bond motifs is 1. The van der Waals surface area contributed by atoms with Crippen molar-refractivity contribution < 1.29 is 83.1 Å². The number of hydrogen-bond acceptors (Lipinski definition) is 14. The minimum Gasteiger partial charge on any atom is -0.855 e. The molecule has 22 heteroatoms. The number of aromatic amines is 1. The van der Waals surface area contributed by atoms with Crippen LogP contribution in [0.4, 0.5) is 0 Å². The average molecular weight is 1200 g/mol. The Balaban J connectivity index is 0.000000472. The molecular weight excluding hydrogens is 1150 g/mol. The molecule has 7 rings (SSSR count). The first-order chi connectivity index (χ1) is 32.8. The third kappa shape index (κ3) is 20.9. The maximum atomic E-state index is 12.2. The van der Waals surface area contributed by atoms with E-state index < -0.39 is 11.9 Å². The average Bonchev–Trinajstić information content (AvgIpc) is 3.33. The van der Waals surface area contributed by atoms with Crippen molar-refractivity contribution in [1.82, 2.24) is 26.1 Å². The Morgan fingerprint density at radius 1 is 0.662 bits per heavy atom. The number of aromatic carboxylic acids is 2. The molecule has 0 radical (unpaired) electrons. The fraction of sp³-hybridized carbons (Fsp3) is 0.163. The Kier molecular flexibility index (Phi) is 28.8. The van der Waals surface area contributed by atoms with Crippen LogP contribution in [0.5, 0.6) is 17.2 Å². The first-order valence-electron chi connectivity index (χ1n) is 20.0. The summed E-state index contributed by atoms with van der Waals surface area (Å²) in [5, 5.41) is 27.2. The number of carbonyl (C=O) groups excluding carboxylic acids is 3. The van der Waals surface area contributed by atoms with Gasteiger partial charge in [0.15, 0.2) is 11.6 Å².